The van der Waals surface area contributed by atoms with Crippen LogP contribution in [0.2, 0.25) is 0 Å². The molecule has 7 nitrogen and oxygen atoms in total. The molecule has 0 saturated carbocycles. The third-order valence-corrected chi connectivity index (χ3v) is 6.05. The number of amides is 1. The van der Waals surface area contributed by atoms with E-state index in [1.54, 1.807) is 32.9 Å². The fraction of sp³-hybridized carbons (Fsp3) is 0.381. The van der Waals surface area contributed by atoms with Gasteiger partial charge >= 0.3 is 0 Å². The van der Waals surface area contributed by atoms with Gasteiger partial charge in [0.1, 0.15) is 11.8 Å². The summed E-state index contributed by atoms with van der Waals surface area (Å²) < 4.78 is 33.0. The first-order valence-electron chi connectivity index (χ1n) is 9.22. The van der Waals surface area contributed by atoms with Crippen LogP contribution in [0, 0.1) is 0 Å². The molecule has 158 valence electrons. The minimum atomic E-state index is -3.96. The van der Waals surface area contributed by atoms with Crippen molar-refractivity contribution in [3.8, 4) is 5.75 Å². The molecule has 0 saturated heterocycles. The summed E-state index contributed by atoms with van der Waals surface area (Å²) >= 11 is 0. The lowest BCUT2D eigenvalue weighted by Crippen LogP contribution is -2.48. The molecule has 0 aliphatic carbocycles. The molecule has 2 aromatic rings. The van der Waals surface area contributed by atoms with E-state index in [0.717, 1.165) is 9.87 Å². The van der Waals surface area contributed by atoms with Crippen molar-refractivity contribution in [2.24, 2.45) is 0 Å². The molecule has 0 aliphatic rings. The number of rotatable bonds is 8. The predicted octanol–water partition coefficient (Wildman–Crippen LogP) is 3.12. The van der Waals surface area contributed by atoms with E-state index in [4.69, 9.17) is 9.57 Å². The number of carbonyl (C=O) groups excluding carboxylic acids is 1. The number of ether oxygens (including phenoxy) is 1. The van der Waals surface area contributed by atoms with Crippen LogP contribution in [-0.2, 0) is 26.2 Å². The molecule has 0 unspecified atom stereocenters. The molecule has 0 fully saturated rings. The molecule has 0 radical (unpaired) electrons. The Morgan fingerprint density at radius 3 is 2.17 bits per heavy atom. The summed E-state index contributed by atoms with van der Waals surface area (Å²) in [7, 11) is -2.45. The molecular weight excluding hydrogens is 392 g/mol. The number of hydrogen-bond donors (Lipinski definition) is 1. The number of hydrogen-bond acceptors (Lipinski definition) is 5. The van der Waals surface area contributed by atoms with E-state index in [0.29, 0.717) is 5.75 Å². The zero-order valence-corrected chi connectivity index (χ0v) is 18.2. The van der Waals surface area contributed by atoms with E-state index < -0.39 is 27.6 Å². The summed E-state index contributed by atoms with van der Waals surface area (Å²) in [5, 5.41) is 0. The van der Waals surface area contributed by atoms with Gasteiger partial charge in [-0.2, -0.15) is 4.31 Å². The molecule has 0 aromatic heterocycles. The number of carbonyl (C=O) groups is 1. The van der Waals surface area contributed by atoms with Gasteiger partial charge in [-0.3, -0.25) is 9.63 Å². The SMILES string of the molecule is COc1ccc(S(=O)(=O)N(Cc2ccccc2)[C@H](C)C(=O)NOC(C)(C)C)cc1. The summed E-state index contributed by atoms with van der Waals surface area (Å²) in [6.07, 6.45) is 0. The highest BCUT2D eigenvalue weighted by atomic mass is 32.2. The quantitative estimate of drug-likeness (QED) is 0.663. The number of sulfonamides is 1. The van der Waals surface area contributed by atoms with Gasteiger partial charge < -0.3 is 4.74 Å². The Morgan fingerprint density at radius 2 is 1.66 bits per heavy atom. The van der Waals surface area contributed by atoms with Crippen molar-refractivity contribution in [3.63, 3.8) is 0 Å². The maximum absolute atomic E-state index is 13.3. The van der Waals surface area contributed by atoms with Crippen molar-refractivity contribution in [3.05, 3.63) is 60.2 Å². The van der Waals surface area contributed by atoms with Crippen LogP contribution in [0.3, 0.4) is 0 Å². The molecule has 0 aliphatic heterocycles. The fourth-order valence-corrected chi connectivity index (χ4v) is 4.08. The second-order valence-electron chi connectivity index (χ2n) is 7.57. The van der Waals surface area contributed by atoms with Crippen molar-refractivity contribution < 1.29 is 22.8 Å². The van der Waals surface area contributed by atoms with Crippen molar-refractivity contribution >= 4 is 15.9 Å². The second kappa shape index (κ2) is 9.39. The van der Waals surface area contributed by atoms with Crippen LogP contribution < -0.4 is 10.2 Å². The van der Waals surface area contributed by atoms with Gasteiger partial charge in [-0.1, -0.05) is 30.3 Å². The van der Waals surface area contributed by atoms with Gasteiger partial charge in [0, 0.05) is 6.54 Å². The third kappa shape index (κ3) is 6.28. The first-order valence-corrected chi connectivity index (χ1v) is 10.7. The molecule has 29 heavy (non-hydrogen) atoms. The average Bonchev–Trinajstić information content (AvgIpc) is 2.69. The van der Waals surface area contributed by atoms with E-state index >= 15 is 0 Å². The molecule has 2 aromatic carbocycles. The Morgan fingerprint density at radius 1 is 1.07 bits per heavy atom. The Labute approximate surface area is 172 Å². The zero-order chi connectivity index (χ0) is 21.7. The van der Waals surface area contributed by atoms with Crippen LogP contribution >= 0.6 is 0 Å². The van der Waals surface area contributed by atoms with E-state index in [-0.39, 0.29) is 11.4 Å². The van der Waals surface area contributed by atoms with Crippen molar-refractivity contribution in [2.45, 2.75) is 50.8 Å². The maximum atomic E-state index is 13.3. The van der Waals surface area contributed by atoms with Gasteiger partial charge in [-0.15, -0.1) is 0 Å². The summed E-state index contributed by atoms with van der Waals surface area (Å²) in [6.45, 7) is 6.93. The lowest BCUT2D eigenvalue weighted by atomic mass is 10.2. The highest BCUT2D eigenvalue weighted by Crippen LogP contribution is 2.23. The topological polar surface area (TPSA) is 84.9 Å². The lowest BCUT2D eigenvalue weighted by molar-refractivity contribution is -0.149. The molecule has 0 spiro atoms. The Bertz CT molecular complexity index is 906. The number of hydroxylamine groups is 1. The minimum Gasteiger partial charge on any atom is -0.497 e. The molecule has 1 N–H and O–H groups in total. The monoisotopic (exact) mass is 420 g/mol. The number of methoxy groups -OCH3 is 1. The van der Waals surface area contributed by atoms with Crippen molar-refractivity contribution in [1.29, 1.82) is 0 Å². The van der Waals surface area contributed by atoms with Crippen molar-refractivity contribution in [2.75, 3.05) is 7.11 Å². The lowest BCUT2D eigenvalue weighted by Gasteiger charge is -2.29. The Balaban J connectivity index is 2.36. The van der Waals surface area contributed by atoms with E-state index in [9.17, 15) is 13.2 Å². The maximum Gasteiger partial charge on any atom is 0.261 e. The van der Waals surface area contributed by atoms with Crippen LogP contribution in [0.4, 0.5) is 0 Å². The van der Waals surface area contributed by atoms with Gasteiger partial charge in [-0.05, 0) is 57.5 Å². The van der Waals surface area contributed by atoms with Crippen LogP contribution in [-0.4, -0.2) is 37.4 Å². The van der Waals surface area contributed by atoms with Crippen molar-refractivity contribution in [1.82, 2.24) is 9.79 Å². The van der Waals surface area contributed by atoms with Crippen LogP contribution in [0.1, 0.15) is 33.3 Å². The second-order valence-corrected chi connectivity index (χ2v) is 9.46. The fourth-order valence-electron chi connectivity index (χ4n) is 2.50. The molecular formula is C21H28N2O5S. The number of nitrogens with zero attached hydrogens (tertiary/aromatic N) is 1. The molecule has 1 atom stereocenters. The standard InChI is InChI=1S/C21H28N2O5S/c1-16(20(24)22-28-21(2,3)4)23(15-17-9-7-6-8-10-17)29(25,26)19-13-11-18(27-5)12-14-19/h6-14,16H,15H2,1-5H3,(H,22,24)/t16-/m1/s1. The van der Waals surface area contributed by atoms with Gasteiger partial charge in [0.05, 0.1) is 17.6 Å². The number of benzene rings is 2. The first-order chi connectivity index (χ1) is 13.5. The third-order valence-electron chi connectivity index (χ3n) is 4.12. The summed E-state index contributed by atoms with van der Waals surface area (Å²) in [5.74, 6) is -0.00382. The highest BCUT2D eigenvalue weighted by molar-refractivity contribution is 7.89. The summed E-state index contributed by atoms with van der Waals surface area (Å²) in [6, 6.07) is 14.2. The summed E-state index contributed by atoms with van der Waals surface area (Å²) in [4.78, 5) is 18.0. The number of nitrogens with one attached hydrogen (secondary N) is 1. The van der Waals surface area contributed by atoms with Gasteiger partial charge in [0.25, 0.3) is 5.91 Å². The Kier molecular flexibility index (Phi) is 7.40. The molecule has 0 bridgehead atoms. The van der Waals surface area contributed by atoms with E-state index in [2.05, 4.69) is 5.48 Å². The summed E-state index contributed by atoms with van der Waals surface area (Å²) in [5.41, 5.74) is 2.53. The largest absolute Gasteiger partial charge is 0.497 e. The van der Waals surface area contributed by atoms with Gasteiger partial charge in [0.2, 0.25) is 10.0 Å². The average molecular weight is 421 g/mol. The smallest absolute Gasteiger partial charge is 0.261 e. The minimum absolute atomic E-state index is 0.0410. The highest BCUT2D eigenvalue weighted by Gasteiger charge is 2.34. The molecule has 0 heterocycles. The van der Waals surface area contributed by atoms with E-state index in [1.807, 2.05) is 30.3 Å². The molecule has 8 heteroatoms. The van der Waals surface area contributed by atoms with Crippen LogP contribution in [0.5, 0.6) is 5.75 Å². The predicted molar refractivity (Wildman–Crippen MR) is 111 cm³/mol. The zero-order valence-electron chi connectivity index (χ0n) is 17.4. The van der Waals surface area contributed by atoms with Gasteiger partial charge in [-0.25, -0.2) is 13.9 Å². The molecule has 2 rings (SSSR count). The molecule has 1 amide bonds. The normalized spacial score (nSPS) is 13.2. The van der Waals surface area contributed by atoms with Crippen LogP contribution in [0.25, 0.3) is 0 Å². The Hall–Kier alpha value is -2.42. The first kappa shape index (κ1) is 22.9. The van der Waals surface area contributed by atoms with Crippen LogP contribution in [0.15, 0.2) is 59.5 Å². The van der Waals surface area contributed by atoms with E-state index in [1.165, 1.54) is 26.2 Å². The van der Waals surface area contributed by atoms with Gasteiger partial charge in [0.15, 0.2) is 0 Å².